The Kier molecular flexibility index (Phi) is 7.02. The van der Waals surface area contributed by atoms with Gasteiger partial charge in [0.25, 0.3) is 5.91 Å². The molecule has 0 fully saturated rings. The number of nitro benzene ring substituents is 1. The number of benzene rings is 2. The van der Waals surface area contributed by atoms with E-state index in [4.69, 9.17) is 9.47 Å². The van der Waals surface area contributed by atoms with Crippen LogP contribution in [0.1, 0.15) is 17.5 Å². The number of aryl methyl sites for hydroxylation is 2. The number of halogens is 1. The second kappa shape index (κ2) is 9.45. The number of rotatable bonds is 8. The number of anilines is 1. The zero-order valence-electron chi connectivity index (χ0n) is 15.4. The van der Waals surface area contributed by atoms with Gasteiger partial charge in [-0.05, 0) is 43.2 Å². The zero-order valence-corrected chi connectivity index (χ0v) is 15.4. The van der Waals surface area contributed by atoms with E-state index in [-0.39, 0.29) is 18.7 Å². The fourth-order valence-corrected chi connectivity index (χ4v) is 2.25. The van der Waals surface area contributed by atoms with E-state index in [0.29, 0.717) is 5.75 Å². The van der Waals surface area contributed by atoms with Crippen LogP contribution in [0.2, 0.25) is 0 Å². The van der Waals surface area contributed by atoms with Crippen molar-refractivity contribution >= 4 is 23.3 Å². The predicted molar refractivity (Wildman–Crippen MR) is 98.7 cm³/mol. The van der Waals surface area contributed by atoms with Crippen LogP contribution in [0.25, 0.3) is 0 Å². The quantitative estimate of drug-likeness (QED) is 0.421. The molecule has 0 saturated heterocycles. The molecular formula is C19H19FN2O6. The third-order valence-electron chi connectivity index (χ3n) is 3.70. The Morgan fingerprint density at radius 3 is 2.64 bits per heavy atom. The van der Waals surface area contributed by atoms with E-state index in [1.807, 2.05) is 32.0 Å². The van der Waals surface area contributed by atoms with Gasteiger partial charge in [0.15, 0.2) is 6.61 Å². The third kappa shape index (κ3) is 6.04. The van der Waals surface area contributed by atoms with Crippen LogP contribution >= 0.6 is 0 Å². The molecule has 0 atom stereocenters. The van der Waals surface area contributed by atoms with Crippen molar-refractivity contribution in [3.8, 4) is 5.75 Å². The lowest BCUT2D eigenvalue weighted by Crippen LogP contribution is -2.21. The SMILES string of the molecule is Cc1ccc(C)c(OCCC(=O)OCC(=O)Nc2ccc(F)c([N+](=O)[O-])c2)c1. The Bertz CT molecular complexity index is 900. The Morgan fingerprint density at radius 2 is 1.93 bits per heavy atom. The molecule has 28 heavy (non-hydrogen) atoms. The summed E-state index contributed by atoms with van der Waals surface area (Å²) in [6.07, 6.45) is -0.0529. The van der Waals surface area contributed by atoms with Crippen LogP contribution in [-0.2, 0) is 14.3 Å². The number of carbonyl (C=O) groups excluding carboxylic acids is 2. The van der Waals surface area contributed by atoms with Crippen molar-refractivity contribution < 1.29 is 28.4 Å². The van der Waals surface area contributed by atoms with Gasteiger partial charge in [0.1, 0.15) is 5.75 Å². The summed E-state index contributed by atoms with van der Waals surface area (Å²) in [5.41, 5.74) is 1.22. The summed E-state index contributed by atoms with van der Waals surface area (Å²) in [6.45, 7) is 3.33. The van der Waals surface area contributed by atoms with Crippen molar-refractivity contribution in [3.05, 3.63) is 63.5 Å². The van der Waals surface area contributed by atoms with E-state index in [1.165, 1.54) is 6.07 Å². The highest BCUT2D eigenvalue weighted by Gasteiger charge is 2.16. The van der Waals surface area contributed by atoms with Crippen molar-refractivity contribution in [2.45, 2.75) is 20.3 Å². The highest BCUT2D eigenvalue weighted by molar-refractivity contribution is 5.93. The lowest BCUT2D eigenvalue weighted by molar-refractivity contribution is -0.387. The Morgan fingerprint density at radius 1 is 1.18 bits per heavy atom. The van der Waals surface area contributed by atoms with E-state index in [1.54, 1.807) is 0 Å². The van der Waals surface area contributed by atoms with Crippen LogP contribution < -0.4 is 10.1 Å². The highest BCUT2D eigenvalue weighted by atomic mass is 19.1. The molecule has 2 rings (SSSR count). The Balaban J connectivity index is 1.76. The van der Waals surface area contributed by atoms with Crippen molar-refractivity contribution in [2.75, 3.05) is 18.5 Å². The second-order valence-electron chi connectivity index (χ2n) is 6.00. The van der Waals surface area contributed by atoms with Crippen LogP contribution in [0, 0.1) is 29.8 Å². The van der Waals surface area contributed by atoms with Gasteiger partial charge in [0.05, 0.1) is 18.0 Å². The molecule has 0 aromatic heterocycles. The van der Waals surface area contributed by atoms with Crippen molar-refractivity contribution in [2.24, 2.45) is 0 Å². The fourth-order valence-electron chi connectivity index (χ4n) is 2.25. The molecule has 0 aliphatic carbocycles. The van der Waals surface area contributed by atoms with E-state index in [0.717, 1.165) is 23.3 Å². The van der Waals surface area contributed by atoms with Gasteiger partial charge in [0, 0.05) is 11.8 Å². The fraction of sp³-hybridized carbons (Fsp3) is 0.263. The summed E-state index contributed by atoms with van der Waals surface area (Å²) < 4.78 is 23.6. The molecule has 0 unspecified atom stereocenters. The molecule has 1 N–H and O–H groups in total. The van der Waals surface area contributed by atoms with E-state index in [2.05, 4.69) is 5.32 Å². The first-order chi connectivity index (χ1) is 13.3. The molecule has 0 spiro atoms. The minimum absolute atomic E-state index is 0.0207. The van der Waals surface area contributed by atoms with Gasteiger partial charge in [0.2, 0.25) is 5.82 Å². The first-order valence-electron chi connectivity index (χ1n) is 8.35. The third-order valence-corrected chi connectivity index (χ3v) is 3.70. The maximum Gasteiger partial charge on any atom is 0.309 e. The number of nitrogens with zero attached hydrogens (tertiary/aromatic N) is 1. The molecule has 0 saturated carbocycles. The molecule has 1 amide bonds. The number of amides is 1. The number of carbonyl (C=O) groups is 2. The van der Waals surface area contributed by atoms with Crippen LogP contribution in [0.15, 0.2) is 36.4 Å². The van der Waals surface area contributed by atoms with Crippen molar-refractivity contribution in [3.63, 3.8) is 0 Å². The number of ether oxygens (including phenoxy) is 2. The van der Waals surface area contributed by atoms with E-state index in [9.17, 15) is 24.1 Å². The van der Waals surface area contributed by atoms with Gasteiger partial charge < -0.3 is 14.8 Å². The summed E-state index contributed by atoms with van der Waals surface area (Å²) >= 11 is 0. The molecule has 0 radical (unpaired) electrons. The first kappa shape index (κ1) is 20.8. The van der Waals surface area contributed by atoms with Gasteiger partial charge in [-0.1, -0.05) is 12.1 Å². The summed E-state index contributed by atoms with van der Waals surface area (Å²) in [4.78, 5) is 33.3. The van der Waals surface area contributed by atoms with Gasteiger partial charge in [-0.3, -0.25) is 19.7 Å². The highest BCUT2D eigenvalue weighted by Crippen LogP contribution is 2.21. The summed E-state index contributed by atoms with van der Waals surface area (Å²) in [5, 5.41) is 13.0. The van der Waals surface area contributed by atoms with E-state index < -0.39 is 34.9 Å². The minimum Gasteiger partial charge on any atom is -0.493 e. The van der Waals surface area contributed by atoms with Gasteiger partial charge >= 0.3 is 11.7 Å². The van der Waals surface area contributed by atoms with Gasteiger partial charge in [-0.25, -0.2) is 0 Å². The van der Waals surface area contributed by atoms with Crippen LogP contribution in [0.4, 0.5) is 15.8 Å². The number of hydrogen-bond donors (Lipinski definition) is 1. The van der Waals surface area contributed by atoms with Crippen molar-refractivity contribution in [1.29, 1.82) is 0 Å². The number of nitrogens with one attached hydrogen (secondary N) is 1. The van der Waals surface area contributed by atoms with Crippen LogP contribution in [-0.4, -0.2) is 30.0 Å². The maximum absolute atomic E-state index is 13.3. The summed E-state index contributed by atoms with van der Waals surface area (Å²) in [7, 11) is 0. The molecular weight excluding hydrogens is 371 g/mol. The van der Waals surface area contributed by atoms with E-state index >= 15 is 0 Å². The maximum atomic E-state index is 13.3. The van der Waals surface area contributed by atoms with Crippen molar-refractivity contribution in [1.82, 2.24) is 0 Å². The predicted octanol–water partition coefficient (Wildman–Crippen LogP) is 3.30. The smallest absolute Gasteiger partial charge is 0.309 e. The molecule has 8 nitrogen and oxygen atoms in total. The summed E-state index contributed by atoms with van der Waals surface area (Å²) in [6, 6.07) is 8.63. The molecule has 9 heteroatoms. The Labute approximate surface area is 160 Å². The molecule has 0 aliphatic heterocycles. The minimum atomic E-state index is -1.02. The average molecular weight is 390 g/mol. The van der Waals surface area contributed by atoms with Gasteiger partial charge in [-0.2, -0.15) is 4.39 Å². The normalized spacial score (nSPS) is 10.2. The lowest BCUT2D eigenvalue weighted by Gasteiger charge is -2.10. The standard InChI is InChI=1S/C19H19FN2O6/c1-12-3-4-13(2)17(9-12)27-8-7-19(24)28-11-18(23)21-14-5-6-15(20)16(10-14)22(25)26/h3-6,9-10H,7-8,11H2,1-2H3,(H,21,23). The number of nitro groups is 1. The molecule has 0 aliphatic rings. The number of esters is 1. The topological polar surface area (TPSA) is 108 Å². The summed E-state index contributed by atoms with van der Waals surface area (Å²) in [5.74, 6) is -1.68. The average Bonchev–Trinajstić information content (AvgIpc) is 2.64. The van der Waals surface area contributed by atoms with Gasteiger partial charge in [-0.15, -0.1) is 0 Å². The molecule has 0 bridgehead atoms. The van der Waals surface area contributed by atoms with Crippen LogP contribution in [0.3, 0.4) is 0 Å². The molecule has 148 valence electrons. The first-order valence-corrected chi connectivity index (χ1v) is 8.35. The largest absolute Gasteiger partial charge is 0.493 e. The molecule has 0 heterocycles. The Hall–Kier alpha value is -3.49. The van der Waals surface area contributed by atoms with Crippen LogP contribution in [0.5, 0.6) is 5.75 Å². The molecule has 2 aromatic rings. The zero-order chi connectivity index (χ0) is 20.7. The molecule has 2 aromatic carbocycles. The monoisotopic (exact) mass is 390 g/mol. The number of hydrogen-bond acceptors (Lipinski definition) is 6. The lowest BCUT2D eigenvalue weighted by atomic mass is 10.1. The second-order valence-corrected chi connectivity index (χ2v) is 6.00.